The smallest absolute Gasteiger partial charge is 0.325 e. The van der Waals surface area contributed by atoms with E-state index in [1.54, 1.807) is 0 Å². The second-order valence-electron chi connectivity index (χ2n) is 4.08. The molecule has 0 saturated carbocycles. The van der Waals surface area contributed by atoms with Crippen molar-refractivity contribution >= 4 is 27.6 Å². The number of aliphatic carboxylic acids is 1. The monoisotopic (exact) mass is 301 g/mol. The van der Waals surface area contributed by atoms with Gasteiger partial charge < -0.3 is 9.84 Å². The average molecular weight is 301 g/mol. The van der Waals surface area contributed by atoms with E-state index in [9.17, 15) is 18.0 Å². The molecule has 2 N–H and O–H groups in total. The van der Waals surface area contributed by atoms with Crippen LogP contribution in [0.15, 0.2) is 24.3 Å². The maximum Gasteiger partial charge on any atom is 0.325 e. The van der Waals surface area contributed by atoms with Gasteiger partial charge in [-0.05, 0) is 24.6 Å². The van der Waals surface area contributed by atoms with Crippen LogP contribution in [-0.2, 0) is 30.8 Å². The first-order valence-electron chi connectivity index (χ1n) is 5.66. The van der Waals surface area contributed by atoms with Crippen LogP contribution in [0.5, 0.6) is 0 Å². The van der Waals surface area contributed by atoms with Crippen LogP contribution < -0.4 is 4.72 Å². The van der Waals surface area contributed by atoms with Gasteiger partial charge in [0.2, 0.25) is 10.0 Å². The van der Waals surface area contributed by atoms with Crippen LogP contribution in [0, 0.1) is 0 Å². The van der Waals surface area contributed by atoms with Crippen molar-refractivity contribution in [2.75, 3.05) is 11.8 Å². The van der Waals surface area contributed by atoms with Gasteiger partial charge in [-0.25, -0.2) is 8.42 Å². The standard InChI is InChI=1S/C12H15NO6S/c1-8(12(16)19-2)20(17,18)13-10-5-3-9(4-6-10)7-11(14)15/h3-6,8,13H,7H2,1-2H3,(H,14,15). The van der Waals surface area contributed by atoms with Gasteiger partial charge in [-0.15, -0.1) is 0 Å². The first-order valence-corrected chi connectivity index (χ1v) is 7.21. The molecule has 7 nitrogen and oxygen atoms in total. The first kappa shape index (κ1) is 16.0. The van der Waals surface area contributed by atoms with Crippen LogP contribution in [0.3, 0.4) is 0 Å². The molecular formula is C12H15NO6S. The van der Waals surface area contributed by atoms with Gasteiger partial charge in [-0.2, -0.15) is 0 Å². The molecule has 1 atom stereocenters. The molecule has 1 aromatic rings. The molecule has 0 aromatic heterocycles. The summed E-state index contributed by atoms with van der Waals surface area (Å²) < 4.78 is 30.3. The third-order valence-electron chi connectivity index (χ3n) is 2.57. The molecule has 0 spiro atoms. The zero-order valence-corrected chi connectivity index (χ0v) is 11.8. The maximum atomic E-state index is 11.9. The van der Waals surface area contributed by atoms with Crippen molar-refractivity contribution in [2.45, 2.75) is 18.6 Å². The van der Waals surface area contributed by atoms with E-state index in [2.05, 4.69) is 9.46 Å². The number of ether oxygens (including phenoxy) is 1. The van der Waals surface area contributed by atoms with Crippen LogP contribution in [0.25, 0.3) is 0 Å². The van der Waals surface area contributed by atoms with E-state index in [1.807, 2.05) is 0 Å². The van der Waals surface area contributed by atoms with E-state index in [0.717, 1.165) is 7.11 Å². The summed E-state index contributed by atoms with van der Waals surface area (Å²) in [6.07, 6.45) is -0.147. The van der Waals surface area contributed by atoms with Gasteiger partial charge in [-0.1, -0.05) is 12.1 Å². The van der Waals surface area contributed by atoms with Crippen molar-refractivity contribution in [3.63, 3.8) is 0 Å². The normalized spacial score (nSPS) is 12.5. The van der Waals surface area contributed by atoms with Crippen LogP contribution in [-0.4, -0.2) is 37.8 Å². The molecule has 1 rings (SSSR count). The Bertz CT molecular complexity index is 593. The molecule has 1 aromatic carbocycles. The van der Waals surface area contributed by atoms with E-state index in [0.29, 0.717) is 5.56 Å². The molecule has 0 bridgehead atoms. The Labute approximate surface area is 116 Å². The topological polar surface area (TPSA) is 110 Å². The lowest BCUT2D eigenvalue weighted by Gasteiger charge is -2.13. The highest BCUT2D eigenvalue weighted by Crippen LogP contribution is 2.14. The Hall–Kier alpha value is -2.09. The van der Waals surface area contributed by atoms with Gasteiger partial charge in [0.15, 0.2) is 5.25 Å². The molecule has 0 radical (unpaired) electrons. The summed E-state index contributed by atoms with van der Waals surface area (Å²) in [7, 11) is -2.80. The molecular weight excluding hydrogens is 286 g/mol. The number of esters is 1. The second-order valence-corrected chi connectivity index (χ2v) is 6.08. The van der Waals surface area contributed by atoms with Gasteiger partial charge in [0.05, 0.1) is 13.5 Å². The Morgan fingerprint density at radius 1 is 1.30 bits per heavy atom. The number of benzene rings is 1. The summed E-state index contributed by atoms with van der Waals surface area (Å²) in [6.45, 7) is 1.22. The van der Waals surface area contributed by atoms with E-state index < -0.39 is 27.2 Å². The highest BCUT2D eigenvalue weighted by Gasteiger charge is 2.28. The molecule has 110 valence electrons. The zero-order chi connectivity index (χ0) is 15.3. The maximum absolute atomic E-state index is 11.9. The largest absolute Gasteiger partial charge is 0.481 e. The van der Waals surface area contributed by atoms with Gasteiger partial charge in [-0.3, -0.25) is 14.3 Å². The van der Waals surface area contributed by atoms with Gasteiger partial charge >= 0.3 is 11.9 Å². The summed E-state index contributed by atoms with van der Waals surface area (Å²) in [5.41, 5.74) is 0.788. The molecule has 1 unspecified atom stereocenters. The number of rotatable bonds is 6. The molecule has 0 heterocycles. The fourth-order valence-corrected chi connectivity index (χ4v) is 2.40. The minimum Gasteiger partial charge on any atom is -0.481 e. The average Bonchev–Trinajstić information content (AvgIpc) is 2.38. The molecule has 0 aliphatic carbocycles. The summed E-state index contributed by atoms with van der Waals surface area (Å²) in [4.78, 5) is 21.7. The Morgan fingerprint density at radius 2 is 1.85 bits per heavy atom. The number of sulfonamides is 1. The highest BCUT2D eigenvalue weighted by atomic mass is 32.2. The number of carbonyl (C=O) groups is 2. The van der Waals surface area contributed by atoms with Crippen molar-refractivity contribution in [3.05, 3.63) is 29.8 Å². The van der Waals surface area contributed by atoms with Crippen molar-refractivity contribution in [1.29, 1.82) is 0 Å². The number of hydrogen-bond acceptors (Lipinski definition) is 5. The van der Waals surface area contributed by atoms with Crippen molar-refractivity contribution < 1.29 is 27.9 Å². The molecule has 0 saturated heterocycles. The van der Waals surface area contributed by atoms with Crippen LogP contribution in [0.2, 0.25) is 0 Å². The number of hydrogen-bond donors (Lipinski definition) is 2. The first-order chi connectivity index (χ1) is 9.26. The van der Waals surface area contributed by atoms with E-state index >= 15 is 0 Å². The number of anilines is 1. The summed E-state index contributed by atoms with van der Waals surface area (Å²) in [5, 5.41) is 7.28. The van der Waals surface area contributed by atoms with Crippen LogP contribution >= 0.6 is 0 Å². The van der Waals surface area contributed by atoms with Crippen molar-refractivity contribution in [1.82, 2.24) is 0 Å². The number of methoxy groups -OCH3 is 1. The third-order valence-corrected chi connectivity index (χ3v) is 4.21. The quantitative estimate of drug-likeness (QED) is 0.745. The van der Waals surface area contributed by atoms with Crippen molar-refractivity contribution in [3.8, 4) is 0 Å². The van der Waals surface area contributed by atoms with E-state index in [4.69, 9.17) is 5.11 Å². The summed E-state index contributed by atoms with van der Waals surface area (Å²) in [6, 6.07) is 5.85. The molecule has 0 aliphatic rings. The Balaban J connectivity index is 2.82. The van der Waals surface area contributed by atoms with Gasteiger partial charge in [0.25, 0.3) is 0 Å². The lowest BCUT2D eigenvalue weighted by Crippen LogP contribution is -2.33. The molecule has 0 fully saturated rings. The fourth-order valence-electron chi connectivity index (χ4n) is 1.41. The molecule has 0 aliphatic heterocycles. The van der Waals surface area contributed by atoms with Crippen LogP contribution in [0.4, 0.5) is 5.69 Å². The Kier molecular flexibility index (Phi) is 5.09. The number of nitrogens with one attached hydrogen (secondary N) is 1. The minimum absolute atomic E-state index is 0.147. The predicted octanol–water partition coefficient (Wildman–Crippen LogP) is 0.617. The number of carbonyl (C=O) groups excluding carboxylic acids is 1. The van der Waals surface area contributed by atoms with Gasteiger partial charge in [0, 0.05) is 5.69 Å². The predicted molar refractivity (Wildman–Crippen MR) is 71.8 cm³/mol. The minimum atomic E-state index is -3.90. The SMILES string of the molecule is COC(=O)C(C)S(=O)(=O)Nc1ccc(CC(=O)O)cc1. The summed E-state index contributed by atoms with van der Waals surface area (Å²) >= 11 is 0. The highest BCUT2D eigenvalue weighted by molar-refractivity contribution is 7.94. The van der Waals surface area contributed by atoms with Crippen LogP contribution in [0.1, 0.15) is 12.5 Å². The number of carboxylic acids is 1. The number of carboxylic acid groups (broad SMARTS) is 1. The zero-order valence-electron chi connectivity index (χ0n) is 11.0. The Morgan fingerprint density at radius 3 is 2.30 bits per heavy atom. The molecule has 8 heteroatoms. The third kappa shape index (κ3) is 4.23. The summed E-state index contributed by atoms with van der Waals surface area (Å²) in [5.74, 6) is -1.84. The lowest BCUT2D eigenvalue weighted by molar-refractivity contribution is -0.140. The molecule has 20 heavy (non-hydrogen) atoms. The second kappa shape index (κ2) is 6.38. The van der Waals surface area contributed by atoms with E-state index in [-0.39, 0.29) is 12.1 Å². The lowest BCUT2D eigenvalue weighted by atomic mass is 10.1. The molecule has 0 amide bonds. The van der Waals surface area contributed by atoms with E-state index in [1.165, 1.54) is 31.2 Å². The van der Waals surface area contributed by atoms with Crippen molar-refractivity contribution in [2.24, 2.45) is 0 Å². The van der Waals surface area contributed by atoms with Gasteiger partial charge in [0.1, 0.15) is 0 Å². The fraction of sp³-hybridized carbons (Fsp3) is 0.333.